The van der Waals surface area contributed by atoms with Crippen LogP contribution in [0.4, 0.5) is 10.8 Å². The second kappa shape index (κ2) is 9.37. The molecule has 3 rings (SSSR count). The van der Waals surface area contributed by atoms with Crippen molar-refractivity contribution in [2.24, 2.45) is 0 Å². The van der Waals surface area contributed by atoms with E-state index in [1.165, 1.54) is 30.5 Å². The Morgan fingerprint density at radius 1 is 0.967 bits per heavy atom. The third-order valence-electron chi connectivity index (χ3n) is 3.97. The first-order chi connectivity index (χ1) is 14.2. The van der Waals surface area contributed by atoms with Crippen LogP contribution in [0.2, 0.25) is 0 Å². The number of carbonyl (C=O) groups is 1. The van der Waals surface area contributed by atoms with Gasteiger partial charge in [-0.1, -0.05) is 30.3 Å². The number of nitrogens with one attached hydrogen (secondary N) is 2. The van der Waals surface area contributed by atoms with Crippen molar-refractivity contribution < 1.29 is 21.6 Å². The molecule has 11 heteroatoms. The number of rotatable bonds is 9. The molecule has 0 bridgehead atoms. The second-order valence-electron chi connectivity index (χ2n) is 6.34. The Balaban J connectivity index is 1.54. The maximum atomic E-state index is 12.3. The molecule has 0 unspecified atom stereocenters. The Morgan fingerprint density at radius 3 is 2.30 bits per heavy atom. The van der Waals surface area contributed by atoms with Gasteiger partial charge in [0, 0.05) is 23.7 Å². The Bertz CT molecular complexity index is 1190. The van der Waals surface area contributed by atoms with E-state index in [0.29, 0.717) is 11.3 Å². The van der Waals surface area contributed by atoms with Gasteiger partial charge in [0.2, 0.25) is 5.91 Å². The lowest BCUT2D eigenvalue weighted by Gasteiger charge is -2.08. The normalized spacial score (nSPS) is 11.7. The van der Waals surface area contributed by atoms with E-state index in [9.17, 15) is 21.6 Å². The monoisotopic (exact) mass is 465 g/mol. The molecule has 8 nitrogen and oxygen atoms in total. The molecule has 0 fully saturated rings. The van der Waals surface area contributed by atoms with Crippen LogP contribution in [0.3, 0.4) is 0 Å². The summed E-state index contributed by atoms with van der Waals surface area (Å²) in [6.45, 7) is 0. The summed E-state index contributed by atoms with van der Waals surface area (Å²) in [5.74, 6) is -0.874. The van der Waals surface area contributed by atoms with Gasteiger partial charge in [0.25, 0.3) is 10.0 Å². The van der Waals surface area contributed by atoms with Crippen LogP contribution in [0.5, 0.6) is 0 Å². The van der Waals surface area contributed by atoms with E-state index in [-0.39, 0.29) is 28.0 Å². The molecule has 0 aliphatic rings. The molecule has 1 amide bonds. The van der Waals surface area contributed by atoms with Crippen molar-refractivity contribution in [3.8, 4) is 0 Å². The van der Waals surface area contributed by atoms with Crippen LogP contribution >= 0.6 is 11.3 Å². The van der Waals surface area contributed by atoms with Crippen LogP contribution in [0.15, 0.2) is 71.1 Å². The highest BCUT2D eigenvalue weighted by molar-refractivity contribution is 7.93. The summed E-state index contributed by atoms with van der Waals surface area (Å²) in [6, 6.07) is 14.3. The quantitative estimate of drug-likeness (QED) is 0.501. The van der Waals surface area contributed by atoms with Gasteiger partial charge in [0.15, 0.2) is 15.0 Å². The number of anilines is 2. The van der Waals surface area contributed by atoms with Gasteiger partial charge in [-0.15, -0.1) is 11.3 Å². The maximum Gasteiger partial charge on any atom is 0.263 e. The fourth-order valence-electron chi connectivity index (χ4n) is 2.54. The number of hydrogen-bond acceptors (Lipinski definition) is 7. The summed E-state index contributed by atoms with van der Waals surface area (Å²) in [4.78, 5) is 16.0. The Kier molecular flexibility index (Phi) is 6.85. The van der Waals surface area contributed by atoms with E-state index in [1.807, 2.05) is 0 Å². The summed E-state index contributed by atoms with van der Waals surface area (Å²) >= 11 is 1.16. The largest absolute Gasteiger partial charge is 0.326 e. The molecule has 1 aromatic heterocycles. The van der Waals surface area contributed by atoms with Gasteiger partial charge in [-0.2, -0.15) is 0 Å². The number of carbonyl (C=O) groups excluding carboxylic acids is 1. The minimum absolute atomic E-state index is 0.0149. The summed E-state index contributed by atoms with van der Waals surface area (Å²) in [5, 5.41) is 4.48. The molecule has 0 atom stereocenters. The topological polar surface area (TPSA) is 122 Å². The molecular weight excluding hydrogens is 446 g/mol. The highest BCUT2D eigenvalue weighted by Gasteiger charge is 2.17. The standard InChI is InChI=1S/C19H19N3O5S3/c23-18(10-13-29(24,25)14-15-4-2-1-3-5-15)21-16-6-8-17(9-7-16)30(26,27)22-19-20-11-12-28-19/h1-9,11-12H,10,13-14H2,(H,20,22)(H,21,23). The zero-order valence-electron chi connectivity index (χ0n) is 15.7. The average Bonchev–Trinajstić information content (AvgIpc) is 3.20. The van der Waals surface area contributed by atoms with E-state index in [1.54, 1.807) is 35.7 Å². The number of amides is 1. The molecule has 158 valence electrons. The number of sulfonamides is 1. The third kappa shape index (κ3) is 6.37. The summed E-state index contributed by atoms with van der Waals surface area (Å²) < 4.78 is 51.3. The second-order valence-corrected chi connectivity index (χ2v) is 11.1. The van der Waals surface area contributed by atoms with E-state index >= 15 is 0 Å². The predicted molar refractivity (Wildman–Crippen MR) is 117 cm³/mol. The third-order valence-corrected chi connectivity index (χ3v) is 7.74. The van der Waals surface area contributed by atoms with Crippen LogP contribution in [-0.2, 0) is 30.4 Å². The molecule has 0 aliphatic heterocycles. The van der Waals surface area contributed by atoms with Gasteiger partial charge in [-0.3, -0.25) is 9.52 Å². The van der Waals surface area contributed by atoms with Crippen molar-refractivity contribution in [2.75, 3.05) is 15.8 Å². The number of nitrogens with zero attached hydrogens (tertiary/aromatic N) is 1. The van der Waals surface area contributed by atoms with Crippen LogP contribution in [0.25, 0.3) is 0 Å². The molecular formula is C19H19N3O5S3. The molecule has 0 saturated carbocycles. The Hall–Kier alpha value is -2.76. The van der Waals surface area contributed by atoms with Gasteiger partial charge in [-0.05, 0) is 29.8 Å². The fraction of sp³-hybridized carbons (Fsp3) is 0.158. The van der Waals surface area contributed by atoms with Crippen LogP contribution in [0, 0.1) is 0 Å². The number of hydrogen-bond donors (Lipinski definition) is 2. The summed E-state index contributed by atoms with van der Waals surface area (Å²) in [7, 11) is -7.21. The maximum absolute atomic E-state index is 12.3. The van der Waals surface area contributed by atoms with Crippen LogP contribution < -0.4 is 10.0 Å². The van der Waals surface area contributed by atoms with Gasteiger partial charge >= 0.3 is 0 Å². The molecule has 30 heavy (non-hydrogen) atoms. The SMILES string of the molecule is O=C(CCS(=O)(=O)Cc1ccccc1)Nc1ccc(S(=O)(=O)Nc2nccs2)cc1. The highest BCUT2D eigenvalue weighted by Crippen LogP contribution is 2.19. The van der Waals surface area contributed by atoms with Gasteiger partial charge in [0.05, 0.1) is 16.4 Å². The molecule has 1 heterocycles. The van der Waals surface area contributed by atoms with E-state index in [4.69, 9.17) is 0 Å². The van der Waals surface area contributed by atoms with Gasteiger partial charge < -0.3 is 5.32 Å². The molecule has 0 aliphatic carbocycles. The number of sulfone groups is 1. The van der Waals surface area contributed by atoms with E-state index < -0.39 is 25.8 Å². The first-order valence-electron chi connectivity index (χ1n) is 8.80. The number of thiazole rings is 1. The smallest absolute Gasteiger partial charge is 0.263 e. The van der Waals surface area contributed by atoms with Crippen LogP contribution in [0.1, 0.15) is 12.0 Å². The zero-order valence-corrected chi connectivity index (χ0v) is 18.1. The first kappa shape index (κ1) is 21.9. The minimum atomic E-state index is -3.78. The summed E-state index contributed by atoms with van der Waals surface area (Å²) in [6.07, 6.45) is 1.29. The first-order valence-corrected chi connectivity index (χ1v) is 13.0. The number of benzene rings is 2. The molecule has 2 N–H and O–H groups in total. The lowest BCUT2D eigenvalue weighted by Crippen LogP contribution is -2.18. The average molecular weight is 466 g/mol. The van der Waals surface area contributed by atoms with E-state index in [2.05, 4.69) is 15.0 Å². The molecule has 3 aromatic rings. The van der Waals surface area contributed by atoms with Crippen molar-refractivity contribution >= 4 is 47.9 Å². The van der Waals surface area contributed by atoms with Crippen molar-refractivity contribution in [3.05, 3.63) is 71.7 Å². The lowest BCUT2D eigenvalue weighted by molar-refractivity contribution is -0.115. The fourth-order valence-corrected chi connectivity index (χ4v) is 5.67. The minimum Gasteiger partial charge on any atom is -0.326 e. The Morgan fingerprint density at radius 2 is 1.67 bits per heavy atom. The van der Waals surface area contributed by atoms with Crippen LogP contribution in [-0.4, -0.2) is 33.5 Å². The molecule has 0 spiro atoms. The lowest BCUT2D eigenvalue weighted by atomic mass is 10.2. The number of aromatic nitrogens is 1. The van der Waals surface area contributed by atoms with Crippen molar-refractivity contribution in [1.82, 2.24) is 4.98 Å². The Labute approximate surface area is 179 Å². The van der Waals surface area contributed by atoms with Gasteiger partial charge in [-0.25, -0.2) is 21.8 Å². The predicted octanol–water partition coefficient (Wildman–Crippen LogP) is 2.89. The van der Waals surface area contributed by atoms with Crippen molar-refractivity contribution in [2.45, 2.75) is 17.1 Å². The molecule has 0 radical (unpaired) electrons. The van der Waals surface area contributed by atoms with E-state index in [0.717, 1.165) is 11.3 Å². The van der Waals surface area contributed by atoms with Gasteiger partial charge in [0.1, 0.15) is 0 Å². The van der Waals surface area contributed by atoms with Crippen molar-refractivity contribution in [3.63, 3.8) is 0 Å². The highest BCUT2D eigenvalue weighted by atomic mass is 32.2. The summed E-state index contributed by atoms with van der Waals surface area (Å²) in [5.41, 5.74) is 1.04. The van der Waals surface area contributed by atoms with Crippen molar-refractivity contribution in [1.29, 1.82) is 0 Å². The molecule has 2 aromatic carbocycles. The zero-order chi connectivity index (χ0) is 21.6. The molecule has 0 saturated heterocycles.